The van der Waals surface area contributed by atoms with Gasteiger partial charge in [-0.3, -0.25) is 9.89 Å². The summed E-state index contributed by atoms with van der Waals surface area (Å²) in [6.45, 7) is 2.38. The highest BCUT2D eigenvalue weighted by atomic mass is 16.5. The predicted molar refractivity (Wildman–Crippen MR) is 95.6 cm³/mol. The van der Waals surface area contributed by atoms with E-state index in [1.807, 2.05) is 43.3 Å². The van der Waals surface area contributed by atoms with Crippen LogP contribution in [0.4, 0.5) is 0 Å². The van der Waals surface area contributed by atoms with E-state index in [1.54, 1.807) is 18.5 Å². The topological polar surface area (TPSA) is 72.3 Å². The maximum Gasteiger partial charge on any atom is 0.273 e. The minimum Gasteiger partial charge on any atom is -0.477 e. The molecule has 3 aromatic heterocycles. The Bertz CT molecular complexity index is 1080. The fourth-order valence-corrected chi connectivity index (χ4v) is 2.79. The van der Waals surface area contributed by atoms with Gasteiger partial charge >= 0.3 is 0 Å². The van der Waals surface area contributed by atoms with Crippen molar-refractivity contribution in [1.82, 2.24) is 19.6 Å². The molecule has 0 amide bonds. The van der Waals surface area contributed by atoms with Crippen molar-refractivity contribution in [2.45, 2.75) is 6.92 Å². The molecule has 124 valence electrons. The van der Waals surface area contributed by atoms with Crippen LogP contribution in [0.5, 0.6) is 5.88 Å². The molecule has 25 heavy (non-hydrogen) atoms. The van der Waals surface area contributed by atoms with Gasteiger partial charge in [0.05, 0.1) is 17.9 Å². The van der Waals surface area contributed by atoms with Crippen LogP contribution in [0.1, 0.15) is 6.92 Å². The zero-order valence-corrected chi connectivity index (χ0v) is 13.6. The molecule has 1 aromatic carbocycles. The molecule has 0 atom stereocenters. The second kappa shape index (κ2) is 6.24. The first-order chi connectivity index (χ1) is 12.3. The summed E-state index contributed by atoms with van der Waals surface area (Å²) < 4.78 is 7.01. The zero-order valence-electron chi connectivity index (χ0n) is 13.6. The van der Waals surface area contributed by atoms with Crippen molar-refractivity contribution >= 4 is 5.65 Å². The average molecular weight is 332 g/mol. The fraction of sp³-hybridized carbons (Fsp3) is 0.105. The van der Waals surface area contributed by atoms with Gasteiger partial charge in [0.2, 0.25) is 5.88 Å². The molecule has 0 aliphatic rings. The minimum atomic E-state index is -0.187. The van der Waals surface area contributed by atoms with Gasteiger partial charge in [0, 0.05) is 24.0 Å². The molecule has 0 unspecified atom stereocenters. The number of aromatic amines is 1. The number of aromatic nitrogens is 4. The molecule has 0 radical (unpaired) electrons. The maximum atomic E-state index is 12.5. The van der Waals surface area contributed by atoms with Crippen LogP contribution in [0.25, 0.3) is 28.0 Å². The van der Waals surface area contributed by atoms with Crippen molar-refractivity contribution in [2.24, 2.45) is 0 Å². The molecule has 0 fully saturated rings. The standard InChI is InChI=1S/C19H16N4O2/c1-2-25-19-14(9-6-10-20-19)16-11-17(24)23-18(22-16)15(12-21-23)13-7-4-3-5-8-13/h3-12,21H,2H2,1H3. The third-order valence-electron chi connectivity index (χ3n) is 3.91. The van der Waals surface area contributed by atoms with E-state index >= 15 is 0 Å². The molecule has 0 aliphatic heterocycles. The normalized spacial score (nSPS) is 10.9. The molecule has 0 saturated carbocycles. The summed E-state index contributed by atoms with van der Waals surface area (Å²) in [7, 11) is 0. The van der Waals surface area contributed by atoms with Crippen LogP contribution in [-0.4, -0.2) is 26.2 Å². The lowest BCUT2D eigenvalue weighted by Crippen LogP contribution is -2.14. The SMILES string of the molecule is CCOc1ncccc1-c1cc(=O)n2[nH]cc(-c3ccccc3)c2n1. The van der Waals surface area contributed by atoms with Crippen molar-refractivity contribution in [2.75, 3.05) is 6.61 Å². The third kappa shape index (κ3) is 2.67. The van der Waals surface area contributed by atoms with E-state index in [-0.39, 0.29) is 5.56 Å². The van der Waals surface area contributed by atoms with Crippen LogP contribution in [0.2, 0.25) is 0 Å². The molecular weight excluding hydrogens is 316 g/mol. The second-order valence-electron chi connectivity index (χ2n) is 5.48. The summed E-state index contributed by atoms with van der Waals surface area (Å²) in [4.78, 5) is 21.5. The fourth-order valence-electron chi connectivity index (χ4n) is 2.79. The van der Waals surface area contributed by atoms with Crippen molar-refractivity contribution in [3.05, 3.63) is 71.3 Å². The van der Waals surface area contributed by atoms with Crippen LogP contribution in [0.15, 0.2) is 65.7 Å². The summed E-state index contributed by atoms with van der Waals surface area (Å²) in [5, 5.41) is 2.97. The van der Waals surface area contributed by atoms with Gasteiger partial charge in [-0.25, -0.2) is 14.5 Å². The smallest absolute Gasteiger partial charge is 0.273 e. The molecule has 0 spiro atoms. The lowest BCUT2D eigenvalue weighted by atomic mass is 10.1. The molecule has 4 rings (SSSR count). The van der Waals surface area contributed by atoms with E-state index in [9.17, 15) is 4.79 Å². The van der Waals surface area contributed by atoms with Crippen molar-refractivity contribution in [3.8, 4) is 28.3 Å². The van der Waals surface area contributed by atoms with Crippen LogP contribution in [-0.2, 0) is 0 Å². The number of pyridine rings is 1. The number of hydrogen-bond donors (Lipinski definition) is 1. The first-order valence-corrected chi connectivity index (χ1v) is 8.02. The monoisotopic (exact) mass is 332 g/mol. The Labute approximate surface area is 143 Å². The Morgan fingerprint density at radius 3 is 2.76 bits per heavy atom. The Kier molecular flexibility index (Phi) is 3.78. The van der Waals surface area contributed by atoms with Gasteiger partial charge in [-0.05, 0) is 24.6 Å². The summed E-state index contributed by atoms with van der Waals surface area (Å²) in [5.41, 5.74) is 3.47. The van der Waals surface area contributed by atoms with Crippen molar-refractivity contribution < 1.29 is 4.74 Å². The number of rotatable bonds is 4. The first-order valence-electron chi connectivity index (χ1n) is 8.02. The van der Waals surface area contributed by atoms with E-state index in [0.717, 1.165) is 11.1 Å². The molecule has 6 nitrogen and oxygen atoms in total. The summed E-state index contributed by atoms with van der Waals surface area (Å²) in [5.74, 6) is 0.470. The highest BCUT2D eigenvalue weighted by molar-refractivity contribution is 5.78. The Morgan fingerprint density at radius 2 is 1.96 bits per heavy atom. The lowest BCUT2D eigenvalue weighted by molar-refractivity contribution is 0.328. The van der Waals surface area contributed by atoms with Crippen molar-refractivity contribution in [1.29, 1.82) is 0 Å². The van der Waals surface area contributed by atoms with Crippen molar-refractivity contribution in [3.63, 3.8) is 0 Å². The summed E-state index contributed by atoms with van der Waals surface area (Å²) >= 11 is 0. The van der Waals surface area contributed by atoms with Crippen LogP contribution >= 0.6 is 0 Å². The highest BCUT2D eigenvalue weighted by Gasteiger charge is 2.14. The second-order valence-corrected chi connectivity index (χ2v) is 5.48. The number of fused-ring (bicyclic) bond motifs is 1. The average Bonchev–Trinajstić information content (AvgIpc) is 3.08. The molecule has 3 heterocycles. The summed E-state index contributed by atoms with van der Waals surface area (Å²) in [6, 6.07) is 15.0. The predicted octanol–water partition coefficient (Wildman–Crippen LogP) is 3.15. The third-order valence-corrected chi connectivity index (χ3v) is 3.91. The molecule has 1 N–H and O–H groups in total. The van der Waals surface area contributed by atoms with Crippen LogP contribution < -0.4 is 10.3 Å². The number of hydrogen-bond acceptors (Lipinski definition) is 4. The summed E-state index contributed by atoms with van der Waals surface area (Å²) in [6.07, 6.45) is 3.45. The first kappa shape index (κ1) is 15.1. The van der Waals surface area contributed by atoms with Gasteiger partial charge < -0.3 is 4.74 Å². The van der Waals surface area contributed by atoms with Crippen LogP contribution in [0, 0.1) is 0 Å². The quantitative estimate of drug-likeness (QED) is 0.623. The van der Waals surface area contributed by atoms with Gasteiger partial charge in [0.25, 0.3) is 5.56 Å². The molecule has 6 heteroatoms. The van der Waals surface area contributed by atoms with E-state index in [1.165, 1.54) is 10.6 Å². The Morgan fingerprint density at radius 1 is 1.12 bits per heavy atom. The number of nitrogens with zero attached hydrogens (tertiary/aromatic N) is 3. The van der Waals surface area contributed by atoms with E-state index in [2.05, 4.69) is 10.1 Å². The van der Waals surface area contributed by atoms with E-state index in [4.69, 9.17) is 9.72 Å². The number of benzene rings is 1. The lowest BCUT2D eigenvalue weighted by Gasteiger charge is -2.08. The maximum absolute atomic E-state index is 12.5. The van der Waals surface area contributed by atoms with Gasteiger partial charge in [-0.15, -0.1) is 0 Å². The van der Waals surface area contributed by atoms with Gasteiger partial charge in [-0.2, -0.15) is 0 Å². The Balaban J connectivity index is 1.94. The molecule has 0 bridgehead atoms. The van der Waals surface area contributed by atoms with E-state index in [0.29, 0.717) is 29.4 Å². The number of ether oxygens (including phenoxy) is 1. The number of nitrogens with one attached hydrogen (secondary N) is 1. The molecule has 0 aliphatic carbocycles. The molecule has 4 aromatic rings. The largest absolute Gasteiger partial charge is 0.477 e. The zero-order chi connectivity index (χ0) is 17.2. The molecular formula is C19H16N4O2. The Hall–Kier alpha value is -3.41. The minimum absolute atomic E-state index is 0.187. The van der Waals surface area contributed by atoms with Crippen LogP contribution in [0.3, 0.4) is 0 Å². The van der Waals surface area contributed by atoms with E-state index < -0.39 is 0 Å². The molecule has 0 saturated heterocycles. The van der Waals surface area contributed by atoms with Gasteiger partial charge in [0.15, 0.2) is 5.65 Å². The van der Waals surface area contributed by atoms with Gasteiger partial charge in [0.1, 0.15) is 0 Å². The highest BCUT2D eigenvalue weighted by Crippen LogP contribution is 2.28. The van der Waals surface area contributed by atoms with Gasteiger partial charge in [-0.1, -0.05) is 30.3 Å². The number of H-pyrrole nitrogens is 1.